The molecule has 1 rings (SSSR count). The van der Waals surface area contributed by atoms with Gasteiger partial charge >= 0.3 is 0 Å². The highest BCUT2D eigenvalue weighted by Crippen LogP contribution is 2.17. The number of hydrogen-bond acceptors (Lipinski definition) is 3. The van der Waals surface area contributed by atoms with E-state index in [2.05, 4.69) is 21.2 Å². The van der Waals surface area contributed by atoms with Gasteiger partial charge in [-0.1, -0.05) is 35.8 Å². The Morgan fingerprint density at radius 2 is 2.22 bits per heavy atom. The molecule has 1 unspecified atom stereocenters. The number of carbonyl (C=O) groups excluding carboxylic acids is 1. The van der Waals surface area contributed by atoms with Gasteiger partial charge in [0.2, 0.25) is 5.91 Å². The van der Waals surface area contributed by atoms with E-state index in [1.807, 2.05) is 38.1 Å². The molecule has 0 heterocycles. The van der Waals surface area contributed by atoms with E-state index in [-0.39, 0.29) is 17.9 Å². The normalized spacial score (nSPS) is 12.4. The number of benzene rings is 1. The maximum Gasteiger partial charge on any atom is 0.234 e. The number of nitrogens with one attached hydrogen (secondary N) is 1. The molecule has 1 aromatic carbocycles. The molecule has 0 bridgehead atoms. The number of amides is 1. The third-order valence-electron chi connectivity index (χ3n) is 2.50. The summed E-state index contributed by atoms with van der Waals surface area (Å²) in [7, 11) is 0. The van der Waals surface area contributed by atoms with Gasteiger partial charge in [0.1, 0.15) is 12.4 Å². The second-order valence-corrected chi connectivity index (χ2v) is 5.30. The van der Waals surface area contributed by atoms with Gasteiger partial charge < -0.3 is 15.8 Å². The van der Waals surface area contributed by atoms with E-state index >= 15 is 0 Å². The van der Waals surface area contributed by atoms with E-state index in [1.165, 1.54) is 0 Å². The summed E-state index contributed by atoms with van der Waals surface area (Å²) >= 11 is 3.38. The van der Waals surface area contributed by atoms with Crippen LogP contribution < -0.4 is 15.8 Å². The lowest BCUT2D eigenvalue weighted by Gasteiger charge is -2.18. The monoisotopic (exact) mass is 314 g/mol. The first-order valence-corrected chi connectivity index (χ1v) is 6.71. The van der Waals surface area contributed by atoms with Crippen LogP contribution in [0.15, 0.2) is 28.7 Å². The van der Waals surface area contributed by atoms with Crippen molar-refractivity contribution < 1.29 is 9.53 Å². The number of hydrogen-bond donors (Lipinski definition) is 2. The summed E-state index contributed by atoms with van der Waals surface area (Å²) in [4.78, 5) is 11.2. The Morgan fingerprint density at radius 3 is 2.78 bits per heavy atom. The fourth-order valence-electron chi connectivity index (χ4n) is 1.60. The minimum atomic E-state index is -0.326. The quantitative estimate of drug-likeness (QED) is 0.756. The van der Waals surface area contributed by atoms with Crippen LogP contribution in [0.4, 0.5) is 0 Å². The predicted molar refractivity (Wildman–Crippen MR) is 75.5 cm³/mol. The van der Waals surface area contributed by atoms with Crippen molar-refractivity contribution in [2.24, 2.45) is 11.7 Å². The van der Waals surface area contributed by atoms with Crippen molar-refractivity contribution in [1.29, 1.82) is 0 Å². The highest BCUT2D eigenvalue weighted by atomic mass is 79.9. The standard InChI is InChI=1S/C13H19BrN2O2/c1-9(2)12(13(15)17)16-6-7-18-11-5-3-4-10(14)8-11/h3-5,8-9,12,16H,6-7H2,1-2H3,(H2,15,17). The molecule has 5 heteroatoms. The molecule has 0 spiro atoms. The lowest BCUT2D eigenvalue weighted by molar-refractivity contribution is -0.121. The van der Waals surface area contributed by atoms with Gasteiger partial charge in [-0.25, -0.2) is 0 Å². The lowest BCUT2D eigenvalue weighted by Crippen LogP contribution is -2.46. The number of rotatable bonds is 7. The van der Waals surface area contributed by atoms with Crippen molar-refractivity contribution in [2.75, 3.05) is 13.2 Å². The summed E-state index contributed by atoms with van der Waals surface area (Å²) in [6, 6.07) is 7.32. The van der Waals surface area contributed by atoms with Gasteiger partial charge in [-0.05, 0) is 24.1 Å². The van der Waals surface area contributed by atoms with Crippen LogP contribution in [0.25, 0.3) is 0 Å². The van der Waals surface area contributed by atoms with Crippen molar-refractivity contribution >= 4 is 21.8 Å². The highest BCUT2D eigenvalue weighted by Gasteiger charge is 2.17. The average Bonchev–Trinajstić information content (AvgIpc) is 2.27. The molecule has 0 saturated heterocycles. The Kier molecular flexibility index (Phi) is 6.15. The molecule has 0 aliphatic heterocycles. The molecule has 0 radical (unpaired) electrons. The Morgan fingerprint density at radius 1 is 1.50 bits per heavy atom. The van der Waals surface area contributed by atoms with E-state index in [0.717, 1.165) is 10.2 Å². The molecule has 3 N–H and O–H groups in total. The summed E-state index contributed by atoms with van der Waals surface area (Å²) in [5, 5.41) is 3.09. The van der Waals surface area contributed by atoms with Crippen molar-refractivity contribution in [3.63, 3.8) is 0 Å². The molecular formula is C13H19BrN2O2. The van der Waals surface area contributed by atoms with E-state index in [1.54, 1.807) is 0 Å². The Hall–Kier alpha value is -1.07. The van der Waals surface area contributed by atoms with E-state index in [9.17, 15) is 4.79 Å². The molecule has 100 valence electrons. The largest absolute Gasteiger partial charge is 0.492 e. The highest BCUT2D eigenvalue weighted by molar-refractivity contribution is 9.10. The molecule has 1 amide bonds. The number of ether oxygens (including phenoxy) is 1. The molecule has 1 aromatic rings. The summed E-state index contributed by atoms with van der Waals surface area (Å²) in [6.45, 7) is 4.99. The molecule has 0 saturated carbocycles. The zero-order valence-corrected chi connectivity index (χ0v) is 12.2. The van der Waals surface area contributed by atoms with Gasteiger partial charge in [-0.15, -0.1) is 0 Å². The van der Waals surface area contributed by atoms with Crippen LogP contribution in [0.1, 0.15) is 13.8 Å². The van der Waals surface area contributed by atoms with E-state index < -0.39 is 0 Å². The minimum Gasteiger partial charge on any atom is -0.492 e. The second-order valence-electron chi connectivity index (χ2n) is 4.38. The zero-order valence-electron chi connectivity index (χ0n) is 10.7. The van der Waals surface area contributed by atoms with Gasteiger partial charge in [-0.3, -0.25) is 4.79 Å². The molecule has 4 nitrogen and oxygen atoms in total. The summed E-state index contributed by atoms with van der Waals surface area (Å²) < 4.78 is 6.53. The van der Waals surface area contributed by atoms with Crippen molar-refractivity contribution in [3.8, 4) is 5.75 Å². The maximum absolute atomic E-state index is 11.2. The summed E-state index contributed by atoms with van der Waals surface area (Å²) in [6.07, 6.45) is 0. The molecule has 1 atom stereocenters. The SMILES string of the molecule is CC(C)C(NCCOc1cccc(Br)c1)C(N)=O. The summed E-state index contributed by atoms with van der Waals surface area (Å²) in [5.74, 6) is 0.646. The fourth-order valence-corrected chi connectivity index (χ4v) is 1.98. The van der Waals surface area contributed by atoms with Crippen LogP contribution in [-0.2, 0) is 4.79 Å². The third kappa shape index (κ3) is 5.06. The molecule has 0 fully saturated rings. The smallest absolute Gasteiger partial charge is 0.234 e. The number of primary amides is 1. The van der Waals surface area contributed by atoms with Crippen molar-refractivity contribution in [2.45, 2.75) is 19.9 Å². The first kappa shape index (κ1) is 15.0. The number of halogens is 1. The average molecular weight is 315 g/mol. The zero-order chi connectivity index (χ0) is 13.5. The maximum atomic E-state index is 11.2. The van der Waals surface area contributed by atoms with Gasteiger partial charge in [0.25, 0.3) is 0 Å². The molecule has 18 heavy (non-hydrogen) atoms. The lowest BCUT2D eigenvalue weighted by atomic mass is 10.0. The van der Waals surface area contributed by atoms with E-state index in [0.29, 0.717) is 13.2 Å². The van der Waals surface area contributed by atoms with Gasteiger partial charge in [-0.2, -0.15) is 0 Å². The second kappa shape index (κ2) is 7.38. The Bertz CT molecular complexity index is 396. The first-order chi connectivity index (χ1) is 8.50. The van der Waals surface area contributed by atoms with Crippen molar-refractivity contribution in [3.05, 3.63) is 28.7 Å². The molecule has 0 aliphatic carbocycles. The van der Waals surface area contributed by atoms with Gasteiger partial charge in [0, 0.05) is 11.0 Å². The van der Waals surface area contributed by atoms with Crippen LogP contribution in [0.2, 0.25) is 0 Å². The third-order valence-corrected chi connectivity index (χ3v) is 3.00. The predicted octanol–water partition coefficient (Wildman–Crippen LogP) is 1.93. The Labute approximate surface area is 116 Å². The molecule has 0 aromatic heterocycles. The van der Waals surface area contributed by atoms with Gasteiger partial charge in [0.05, 0.1) is 6.04 Å². The van der Waals surface area contributed by atoms with E-state index in [4.69, 9.17) is 10.5 Å². The van der Waals surface area contributed by atoms with Crippen LogP contribution in [-0.4, -0.2) is 25.1 Å². The van der Waals surface area contributed by atoms with Crippen LogP contribution in [0.3, 0.4) is 0 Å². The van der Waals surface area contributed by atoms with Crippen molar-refractivity contribution in [1.82, 2.24) is 5.32 Å². The first-order valence-electron chi connectivity index (χ1n) is 5.91. The molecule has 0 aliphatic rings. The van der Waals surface area contributed by atoms with Crippen LogP contribution in [0.5, 0.6) is 5.75 Å². The summed E-state index contributed by atoms with van der Waals surface area (Å²) in [5.41, 5.74) is 5.30. The molecular weight excluding hydrogens is 296 g/mol. The minimum absolute atomic E-state index is 0.174. The number of nitrogens with two attached hydrogens (primary N) is 1. The Balaban J connectivity index is 2.32. The van der Waals surface area contributed by atoms with Gasteiger partial charge in [0.15, 0.2) is 0 Å². The topological polar surface area (TPSA) is 64.3 Å². The van der Waals surface area contributed by atoms with Crippen LogP contribution in [0, 0.1) is 5.92 Å². The fraction of sp³-hybridized carbons (Fsp3) is 0.462. The number of carbonyl (C=O) groups is 1. The van der Waals surface area contributed by atoms with Crippen LogP contribution >= 0.6 is 15.9 Å².